The highest BCUT2D eigenvalue weighted by Crippen LogP contribution is 2.13. The van der Waals surface area contributed by atoms with Gasteiger partial charge in [0.25, 0.3) is 0 Å². The lowest BCUT2D eigenvalue weighted by atomic mass is 10.1. The van der Waals surface area contributed by atoms with Crippen molar-refractivity contribution in [3.05, 3.63) is 34.9 Å². The number of likely N-dealkylation sites (tertiary alicyclic amines) is 1. The zero-order valence-corrected chi connectivity index (χ0v) is 11.8. The Morgan fingerprint density at radius 3 is 2.53 bits per heavy atom. The van der Waals surface area contributed by atoms with Crippen LogP contribution < -0.4 is 0 Å². The molecule has 0 unspecified atom stereocenters. The van der Waals surface area contributed by atoms with Crippen LogP contribution in [0.3, 0.4) is 0 Å². The highest BCUT2D eigenvalue weighted by Gasteiger charge is 2.10. The summed E-state index contributed by atoms with van der Waals surface area (Å²) < 4.78 is 0. The number of allylic oxidation sites excluding steroid dienone is 6. The van der Waals surface area contributed by atoms with E-state index >= 15 is 0 Å². The van der Waals surface area contributed by atoms with E-state index in [4.69, 9.17) is 11.6 Å². The molecule has 1 aliphatic rings. The fourth-order valence-electron chi connectivity index (χ4n) is 2.17. The Labute approximate surface area is 111 Å². The van der Waals surface area contributed by atoms with Crippen LogP contribution >= 0.6 is 11.6 Å². The average Bonchev–Trinajstić information content (AvgIpc) is 2.78. The van der Waals surface area contributed by atoms with E-state index in [1.165, 1.54) is 44.5 Å². The zero-order valence-electron chi connectivity index (χ0n) is 11.1. The summed E-state index contributed by atoms with van der Waals surface area (Å²) in [4.78, 5) is 2.57. The number of nitrogens with zero attached hydrogens (tertiary/aromatic N) is 1. The standard InChI is InChI=1S/C15H24ClN/c1-3-7-15(10-9-14(2)16)8-6-13-17-11-4-5-12-17/h3,7,9-10H,4-6,8,11-13H2,1-2H3/b7-3-,14-9+,15-10+. The maximum Gasteiger partial charge on any atom is 0.0150 e. The smallest absolute Gasteiger partial charge is 0.0150 e. The summed E-state index contributed by atoms with van der Waals surface area (Å²) in [5.74, 6) is 0. The van der Waals surface area contributed by atoms with Crippen LogP contribution in [0, 0.1) is 0 Å². The number of hydrogen-bond acceptors (Lipinski definition) is 1. The third-order valence-electron chi connectivity index (χ3n) is 3.05. The van der Waals surface area contributed by atoms with Gasteiger partial charge in [-0.25, -0.2) is 0 Å². The minimum atomic E-state index is 0.839. The van der Waals surface area contributed by atoms with Gasteiger partial charge in [0.05, 0.1) is 0 Å². The Kier molecular flexibility index (Phi) is 7.30. The van der Waals surface area contributed by atoms with Crippen LogP contribution in [0.4, 0.5) is 0 Å². The number of halogens is 1. The van der Waals surface area contributed by atoms with Crippen LogP contribution in [0.25, 0.3) is 0 Å². The summed E-state index contributed by atoms with van der Waals surface area (Å²) in [5.41, 5.74) is 1.37. The largest absolute Gasteiger partial charge is 0.303 e. The van der Waals surface area contributed by atoms with E-state index in [0.29, 0.717) is 0 Å². The summed E-state index contributed by atoms with van der Waals surface area (Å²) in [6.07, 6.45) is 13.5. The quantitative estimate of drug-likeness (QED) is 0.630. The summed E-state index contributed by atoms with van der Waals surface area (Å²) >= 11 is 5.84. The van der Waals surface area contributed by atoms with Crippen molar-refractivity contribution in [2.24, 2.45) is 0 Å². The van der Waals surface area contributed by atoms with Gasteiger partial charge in [-0.1, -0.05) is 29.8 Å². The first-order valence-electron chi connectivity index (χ1n) is 6.60. The van der Waals surface area contributed by atoms with Gasteiger partial charge in [0.15, 0.2) is 0 Å². The molecule has 0 saturated carbocycles. The highest BCUT2D eigenvalue weighted by atomic mass is 35.5. The lowest BCUT2D eigenvalue weighted by Gasteiger charge is -2.14. The Morgan fingerprint density at radius 1 is 1.24 bits per heavy atom. The van der Waals surface area contributed by atoms with E-state index in [2.05, 4.69) is 30.1 Å². The molecule has 2 heteroatoms. The van der Waals surface area contributed by atoms with Gasteiger partial charge in [-0.2, -0.15) is 0 Å². The molecule has 0 aliphatic carbocycles. The Bertz CT molecular complexity index is 292. The second-order valence-electron chi connectivity index (χ2n) is 4.65. The van der Waals surface area contributed by atoms with Crippen molar-refractivity contribution in [2.45, 2.75) is 39.5 Å². The maximum absolute atomic E-state index is 5.84. The van der Waals surface area contributed by atoms with E-state index in [0.717, 1.165) is 11.5 Å². The Balaban J connectivity index is 2.33. The lowest BCUT2D eigenvalue weighted by molar-refractivity contribution is 0.334. The molecule has 0 aromatic rings. The fourth-order valence-corrected chi connectivity index (χ4v) is 2.23. The molecule has 0 N–H and O–H groups in total. The first-order chi connectivity index (χ1) is 8.22. The number of rotatable bonds is 6. The molecule has 1 saturated heterocycles. The first kappa shape index (κ1) is 14.5. The number of hydrogen-bond donors (Lipinski definition) is 0. The molecule has 0 spiro atoms. The Hall–Kier alpha value is -0.530. The van der Waals surface area contributed by atoms with Gasteiger partial charge in [-0.15, -0.1) is 0 Å². The molecule has 0 atom stereocenters. The van der Waals surface area contributed by atoms with Gasteiger partial charge in [-0.05, 0) is 70.8 Å². The third kappa shape index (κ3) is 6.70. The van der Waals surface area contributed by atoms with Crippen molar-refractivity contribution < 1.29 is 0 Å². The van der Waals surface area contributed by atoms with Gasteiger partial charge in [0, 0.05) is 5.03 Å². The van der Waals surface area contributed by atoms with Gasteiger partial charge in [0.1, 0.15) is 0 Å². The average molecular weight is 254 g/mol. The minimum Gasteiger partial charge on any atom is -0.303 e. The fraction of sp³-hybridized carbons (Fsp3) is 0.600. The van der Waals surface area contributed by atoms with Crippen molar-refractivity contribution in [3.63, 3.8) is 0 Å². The minimum absolute atomic E-state index is 0.839. The van der Waals surface area contributed by atoms with Crippen LogP contribution in [0.2, 0.25) is 0 Å². The summed E-state index contributed by atoms with van der Waals surface area (Å²) in [5, 5.41) is 0.839. The highest BCUT2D eigenvalue weighted by molar-refractivity contribution is 6.29. The van der Waals surface area contributed by atoms with Gasteiger partial charge < -0.3 is 4.90 Å². The topological polar surface area (TPSA) is 3.24 Å². The van der Waals surface area contributed by atoms with Crippen LogP contribution in [-0.4, -0.2) is 24.5 Å². The molecule has 1 rings (SSSR count). The van der Waals surface area contributed by atoms with Crippen LogP contribution in [0.5, 0.6) is 0 Å². The van der Waals surface area contributed by atoms with Crippen molar-refractivity contribution >= 4 is 11.6 Å². The van der Waals surface area contributed by atoms with E-state index < -0.39 is 0 Å². The molecule has 17 heavy (non-hydrogen) atoms. The van der Waals surface area contributed by atoms with Crippen molar-refractivity contribution in [2.75, 3.05) is 19.6 Å². The van der Waals surface area contributed by atoms with Crippen molar-refractivity contribution in [1.29, 1.82) is 0 Å². The monoisotopic (exact) mass is 253 g/mol. The van der Waals surface area contributed by atoms with Crippen molar-refractivity contribution in [1.82, 2.24) is 4.90 Å². The van der Waals surface area contributed by atoms with E-state index in [9.17, 15) is 0 Å². The molecule has 1 aliphatic heterocycles. The molecule has 96 valence electrons. The molecule has 0 radical (unpaired) electrons. The molecule has 1 heterocycles. The lowest BCUT2D eigenvalue weighted by Crippen LogP contribution is -2.20. The molecule has 1 fully saturated rings. The first-order valence-corrected chi connectivity index (χ1v) is 6.98. The summed E-state index contributed by atoms with van der Waals surface area (Å²) in [7, 11) is 0. The van der Waals surface area contributed by atoms with Crippen molar-refractivity contribution in [3.8, 4) is 0 Å². The Morgan fingerprint density at radius 2 is 1.94 bits per heavy atom. The zero-order chi connectivity index (χ0) is 12.5. The second-order valence-corrected chi connectivity index (χ2v) is 5.24. The summed E-state index contributed by atoms with van der Waals surface area (Å²) in [6.45, 7) is 7.80. The molecule has 0 aromatic carbocycles. The maximum atomic E-state index is 5.84. The predicted octanol–water partition coefficient (Wildman–Crippen LogP) is 4.51. The summed E-state index contributed by atoms with van der Waals surface area (Å²) in [6, 6.07) is 0. The van der Waals surface area contributed by atoms with Crippen LogP contribution in [-0.2, 0) is 0 Å². The van der Waals surface area contributed by atoms with E-state index in [-0.39, 0.29) is 0 Å². The van der Waals surface area contributed by atoms with E-state index in [1.54, 1.807) is 0 Å². The van der Waals surface area contributed by atoms with Crippen LogP contribution in [0.1, 0.15) is 39.5 Å². The molecular formula is C15H24ClN. The molecular weight excluding hydrogens is 230 g/mol. The van der Waals surface area contributed by atoms with Crippen LogP contribution in [0.15, 0.2) is 34.9 Å². The second kappa shape index (κ2) is 8.54. The van der Waals surface area contributed by atoms with Gasteiger partial charge in [0.2, 0.25) is 0 Å². The normalized spacial score (nSPS) is 19.5. The third-order valence-corrected chi connectivity index (χ3v) is 3.17. The van der Waals surface area contributed by atoms with Gasteiger partial charge >= 0.3 is 0 Å². The molecule has 1 nitrogen and oxygen atoms in total. The molecule has 0 aromatic heterocycles. The SMILES string of the molecule is C\C=C/C(=C\C=C(/C)Cl)CCCN1CCCC1. The van der Waals surface area contributed by atoms with E-state index in [1.807, 2.05) is 13.0 Å². The predicted molar refractivity (Wildman–Crippen MR) is 77.4 cm³/mol. The van der Waals surface area contributed by atoms with Gasteiger partial charge in [-0.3, -0.25) is 0 Å². The molecule has 0 bridgehead atoms. The molecule has 0 amide bonds.